The molecule has 0 fully saturated rings. The molecule has 1 aromatic carbocycles. The first kappa shape index (κ1) is 13.6. The fourth-order valence-electron chi connectivity index (χ4n) is 1.27. The lowest BCUT2D eigenvalue weighted by atomic mass is 10.2. The maximum atomic E-state index is 11.2. The highest BCUT2D eigenvalue weighted by atomic mass is 32.2. The number of carbonyl (C=O) groups excluding carboxylic acids is 1. The Morgan fingerprint density at radius 2 is 1.82 bits per heavy atom. The average molecular weight is 257 g/mol. The molecule has 1 amide bonds. The van der Waals surface area contributed by atoms with E-state index in [9.17, 15) is 13.2 Å². The van der Waals surface area contributed by atoms with E-state index in [-0.39, 0.29) is 24.6 Å². The van der Waals surface area contributed by atoms with E-state index in [1.54, 1.807) is 24.3 Å². The van der Waals surface area contributed by atoms with Crippen molar-refractivity contribution in [2.45, 2.75) is 12.2 Å². The molecule has 0 unspecified atom stereocenters. The summed E-state index contributed by atoms with van der Waals surface area (Å²) >= 11 is 0. The highest BCUT2D eigenvalue weighted by Crippen LogP contribution is 2.11. The monoisotopic (exact) mass is 257 g/mol. The van der Waals surface area contributed by atoms with E-state index in [2.05, 4.69) is 5.32 Å². The molecule has 0 saturated carbocycles. The van der Waals surface area contributed by atoms with Crippen LogP contribution in [0.15, 0.2) is 24.3 Å². The molecule has 0 aliphatic carbocycles. The van der Waals surface area contributed by atoms with Gasteiger partial charge in [-0.15, -0.1) is 0 Å². The van der Waals surface area contributed by atoms with Crippen molar-refractivity contribution < 1.29 is 13.2 Å². The Morgan fingerprint density at radius 1 is 1.24 bits per heavy atom. The van der Waals surface area contributed by atoms with Gasteiger partial charge in [-0.2, -0.15) is 0 Å². The van der Waals surface area contributed by atoms with Gasteiger partial charge in [0.2, 0.25) is 15.9 Å². The second kappa shape index (κ2) is 5.76. The van der Waals surface area contributed by atoms with Crippen molar-refractivity contribution in [3.8, 4) is 0 Å². The molecule has 1 aromatic rings. The number of benzene rings is 1. The molecule has 1 rings (SSSR count). The van der Waals surface area contributed by atoms with Gasteiger partial charge in [-0.1, -0.05) is 12.1 Å². The molecule has 0 bridgehead atoms. The van der Waals surface area contributed by atoms with Crippen molar-refractivity contribution in [1.29, 1.82) is 0 Å². The third kappa shape index (κ3) is 5.43. The van der Waals surface area contributed by atoms with Crippen LogP contribution in [-0.4, -0.2) is 20.9 Å². The van der Waals surface area contributed by atoms with Crippen molar-refractivity contribution in [2.75, 3.05) is 11.9 Å². The van der Waals surface area contributed by atoms with Gasteiger partial charge in [0.05, 0.1) is 5.75 Å². The van der Waals surface area contributed by atoms with Crippen LogP contribution >= 0.6 is 0 Å². The van der Waals surface area contributed by atoms with Gasteiger partial charge in [-0.3, -0.25) is 4.79 Å². The van der Waals surface area contributed by atoms with Gasteiger partial charge in [0, 0.05) is 18.7 Å². The van der Waals surface area contributed by atoms with Crippen LogP contribution in [0, 0.1) is 0 Å². The topological polar surface area (TPSA) is 115 Å². The van der Waals surface area contributed by atoms with Crippen molar-refractivity contribution in [1.82, 2.24) is 0 Å². The smallest absolute Gasteiger partial charge is 0.225 e. The molecule has 94 valence electrons. The first-order chi connectivity index (χ1) is 7.90. The lowest BCUT2D eigenvalue weighted by molar-refractivity contribution is -0.116. The molecule has 0 radical (unpaired) electrons. The highest BCUT2D eigenvalue weighted by Gasteiger charge is 2.05. The lowest BCUT2D eigenvalue weighted by Gasteiger charge is -2.05. The first-order valence-corrected chi connectivity index (χ1v) is 6.71. The second-order valence-electron chi connectivity index (χ2n) is 3.59. The molecule has 0 aromatic heterocycles. The van der Waals surface area contributed by atoms with Crippen molar-refractivity contribution >= 4 is 21.6 Å². The van der Waals surface area contributed by atoms with E-state index in [0.717, 1.165) is 0 Å². The van der Waals surface area contributed by atoms with Gasteiger partial charge >= 0.3 is 0 Å². The summed E-state index contributed by atoms with van der Waals surface area (Å²) < 4.78 is 21.7. The first-order valence-electron chi connectivity index (χ1n) is 5.00. The fraction of sp³-hybridized carbons (Fsp3) is 0.300. The number of carbonyl (C=O) groups is 1. The average Bonchev–Trinajstić information content (AvgIpc) is 2.19. The van der Waals surface area contributed by atoms with E-state index < -0.39 is 10.0 Å². The summed E-state index contributed by atoms with van der Waals surface area (Å²) in [6.45, 7) is 0.287. The van der Waals surface area contributed by atoms with E-state index in [1.807, 2.05) is 0 Å². The molecule has 0 saturated heterocycles. The Kier molecular flexibility index (Phi) is 4.62. The summed E-state index contributed by atoms with van der Waals surface area (Å²) in [5, 5.41) is 7.55. The number of sulfonamides is 1. The van der Waals surface area contributed by atoms with Gasteiger partial charge in [-0.25, -0.2) is 13.6 Å². The Hall–Kier alpha value is -1.44. The maximum Gasteiger partial charge on any atom is 0.225 e. The summed E-state index contributed by atoms with van der Waals surface area (Å²) in [5.41, 5.74) is 6.41. The van der Waals surface area contributed by atoms with Crippen LogP contribution in [0.1, 0.15) is 12.0 Å². The molecular weight excluding hydrogens is 242 g/mol. The molecule has 0 aliphatic heterocycles. The summed E-state index contributed by atoms with van der Waals surface area (Å²) in [4.78, 5) is 11.2. The number of primary sulfonamides is 1. The normalized spacial score (nSPS) is 11.2. The molecule has 6 nitrogen and oxygen atoms in total. The number of hydrogen-bond acceptors (Lipinski definition) is 4. The minimum atomic E-state index is -3.53. The Balaban J connectivity index is 2.65. The van der Waals surface area contributed by atoms with E-state index in [1.165, 1.54) is 0 Å². The van der Waals surface area contributed by atoms with E-state index >= 15 is 0 Å². The number of anilines is 1. The molecule has 0 spiro atoms. The van der Waals surface area contributed by atoms with E-state index in [4.69, 9.17) is 10.9 Å². The predicted molar refractivity (Wildman–Crippen MR) is 65.6 cm³/mol. The third-order valence-electron chi connectivity index (χ3n) is 1.98. The minimum absolute atomic E-state index is 0.174. The molecular formula is C10H15N3O3S. The van der Waals surface area contributed by atoms with Gasteiger partial charge in [0.15, 0.2) is 0 Å². The standard InChI is InChI=1S/C10H15N3O3S/c11-6-5-10(14)13-9-3-1-8(2-4-9)7-17(12,15)16/h1-4H,5-7,11H2,(H,13,14)(H2,12,15,16). The van der Waals surface area contributed by atoms with Crippen molar-refractivity contribution in [3.63, 3.8) is 0 Å². The maximum absolute atomic E-state index is 11.2. The van der Waals surface area contributed by atoms with Gasteiger partial charge in [0.25, 0.3) is 0 Å². The number of nitrogens with two attached hydrogens (primary N) is 2. The number of rotatable bonds is 5. The zero-order valence-electron chi connectivity index (χ0n) is 9.22. The largest absolute Gasteiger partial charge is 0.330 e. The molecule has 0 aliphatic rings. The SMILES string of the molecule is NCCC(=O)Nc1ccc(CS(N)(=O)=O)cc1. The summed E-state index contributed by atoms with van der Waals surface area (Å²) in [7, 11) is -3.53. The van der Waals surface area contributed by atoms with Gasteiger partial charge in [-0.05, 0) is 17.7 Å². The summed E-state index contributed by atoms with van der Waals surface area (Å²) in [5.74, 6) is -0.393. The van der Waals surface area contributed by atoms with Crippen LogP contribution in [0.3, 0.4) is 0 Å². The molecule has 0 heterocycles. The highest BCUT2D eigenvalue weighted by molar-refractivity contribution is 7.88. The molecule has 0 atom stereocenters. The van der Waals surface area contributed by atoms with Crippen LogP contribution in [-0.2, 0) is 20.6 Å². The molecule has 7 heteroatoms. The third-order valence-corrected chi connectivity index (χ3v) is 2.71. The molecule has 5 N–H and O–H groups in total. The fourth-order valence-corrected chi connectivity index (χ4v) is 1.93. The van der Waals surface area contributed by atoms with Crippen LogP contribution < -0.4 is 16.2 Å². The predicted octanol–water partition coefficient (Wildman–Crippen LogP) is -0.238. The number of nitrogens with one attached hydrogen (secondary N) is 1. The Morgan fingerprint density at radius 3 is 2.29 bits per heavy atom. The summed E-state index contributed by atoms with van der Waals surface area (Å²) in [6.07, 6.45) is 0.249. The van der Waals surface area contributed by atoms with Crippen LogP contribution in [0.2, 0.25) is 0 Å². The van der Waals surface area contributed by atoms with Crippen LogP contribution in [0.5, 0.6) is 0 Å². The number of amides is 1. The minimum Gasteiger partial charge on any atom is -0.330 e. The zero-order chi connectivity index (χ0) is 12.9. The van der Waals surface area contributed by atoms with Crippen molar-refractivity contribution in [3.05, 3.63) is 29.8 Å². The lowest BCUT2D eigenvalue weighted by Crippen LogP contribution is -2.16. The quantitative estimate of drug-likeness (QED) is 0.675. The van der Waals surface area contributed by atoms with E-state index in [0.29, 0.717) is 11.3 Å². The summed E-state index contributed by atoms with van der Waals surface area (Å²) in [6, 6.07) is 6.44. The van der Waals surface area contributed by atoms with Gasteiger partial charge in [0.1, 0.15) is 0 Å². The van der Waals surface area contributed by atoms with Crippen LogP contribution in [0.25, 0.3) is 0 Å². The van der Waals surface area contributed by atoms with Crippen molar-refractivity contribution in [2.24, 2.45) is 10.9 Å². The zero-order valence-corrected chi connectivity index (χ0v) is 10.0. The van der Waals surface area contributed by atoms with Crippen LogP contribution in [0.4, 0.5) is 5.69 Å². The Labute approximate surface area is 100 Å². The molecule has 17 heavy (non-hydrogen) atoms. The number of hydrogen-bond donors (Lipinski definition) is 3. The van der Waals surface area contributed by atoms with Gasteiger partial charge < -0.3 is 11.1 Å². The Bertz CT molecular complexity index is 482. The second-order valence-corrected chi connectivity index (χ2v) is 5.21.